The van der Waals surface area contributed by atoms with Gasteiger partial charge in [-0.15, -0.1) is 0 Å². The molecule has 2 aliphatic heterocycles. The maximum absolute atomic E-state index is 12.9. The van der Waals surface area contributed by atoms with E-state index in [1.165, 1.54) is 0 Å². The molecule has 0 aromatic heterocycles. The molecule has 0 radical (unpaired) electrons. The molecule has 0 amide bonds. The van der Waals surface area contributed by atoms with Crippen molar-refractivity contribution < 1.29 is 14.3 Å². The van der Waals surface area contributed by atoms with Gasteiger partial charge in [0.2, 0.25) is 5.72 Å². The summed E-state index contributed by atoms with van der Waals surface area (Å²) < 4.78 is 11.6. The maximum atomic E-state index is 12.9. The van der Waals surface area contributed by atoms with Gasteiger partial charge >= 0.3 is 5.97 Å². The van der Waals surface area contributed by atoms with Crippen LogP contribution in [-0.4, -0.2) is 29.0 Å². The fourth-order valence-electron chi connectivity index (χ4n) is 3.60. The molecular formula is C21H22N2O3. The van der Waals surface area contributed by atoms with E-state index >= 15 is 0 Å². The third-order valence-electron chi connectivity index (χ3n) is 4.92. The molecule has 4 rings (SSSR count). The van der Waals surface area contributed by atoms with Crippen LogP contribution in [0.2, 0.25) is 0 Å². The van der Waals surface area contributed by atoms with Crippen molar-refractivity contribution in [3.05, 3.63) is 65.7 Å². The van der Waals surface area contributed by atoms with E-state index < -0.39 is 5.72 Å². The molecule has 2 aliphatic rings. The number of hydrogen-bond donors (Lipinski definition) is 0. The predicted octanol–water partition coefficient (Wildman–Crippen LogP) is 3.80. The molecule has 1 fully saturated rings. The monoisotopic (exact) mass is 350 g/mol. The maximum Gasteiger partial charge on any atom is 0.360 e. The Hall–Kier alpha value is -2.66. The van der Waals surface area contributed by atoms with Crippen LogP contribution in [0.3, 0.4) is 0 Å². The molecule has 0 spiro atoms. The summed E-state index contributed by atoms with van der Waals surface area (Å²) in [7, 11) is 0. The smallest absolute Gasteiger partial charge is 0.360 e. The molecule has 26 heavy (non-hydrogen) atoms. The first-order valence-corrected chi connectivity index (χ1v) is 9.01. The van der Waals surface area contributed by atoms with Crippen LogP contribution in [0.15, 0.2) is 59.6 Å². The lowest BCUT2D eigenvalue weighted by molar-refractivity contribution is -0.194. The molecule has 134 valence electrons. The quantitative estimate of drug-likeness (QED) is 0.770. The van der Waals surface area contributed by atoms with E-state index in [4.69, 9.17) is 14.5 Å². The van der Waals surface area contributed by atoms with Crippen LogP contribution in [0.1, 0.15) is 30.9 Å². The van der Waals surface area contributed by atoms with E-state index in [1.807, 2.05) is 66.4 Å². The van der Waals surface area contributed by atoms with E-state index in [9.17, 15) is 4.79 Å². The lowest BCUT2D eigenvalue weighted by atomic mass is 10.1. The molecule has 1 unspecified atom stereocenters. The Morgan fingerprint density at radius 3 is 2.73 bits per heavy atom. The Labute approximate surface area is 153 Å². The van der Waals surface area contributed by atoms with E-state index in [-0.39, 0.29) is 5.97 Å². The highest BCUT2D eigenvalue weighted by Crippen LogP contribution is 2.40. The molecule has 5 heteroatoms. The number of aliphatic imine (C=N–C) groups is 1. The van der Waals surface area contributed by atoms with Gasteiger partial charge in [-0.3, -0.25) is 0 Å². The van der Waals surface area contributed by atoms with E-state index in [0.29, 0.717) is 32.6 Å². The molecule has 5 nitrogen and oxygen atoms in total. The third-order valence-corrected chi connectivity index (χ3v) is 4.92. The number of benzene rings is 2. The van der Waals surface area contributed by atoms with Gasteiger partial charge < -0.3 is 14.4 Å². The van der Waals surface area contributed by atoms with Gasteiger partial charge in [0.15, 0.2) is 0 Å². The number of nitrogens with zero attached hydrogens (tertiary/aromatic N) is 2. The summed E-state index contributed by atoms with van der Waals surface area (Å²) in [6.45, 7) is 3.10. The molecule has 2 aromatic carbocycles. The zero-order valence-corrected chi connectivity index (χ0v) is 14.9. The SMILES string of the molecule is CCOC(=O)C1(OCc2ccccc2)CCC2=Nc3ccccc3CN21. The van der Waals surface area contributed by atoms with Gasteiger partial charge in [0, 0.05) is 19.4 Å². The number of rotatable bonds is 5. The predicted molar refractivity (Wildman–Crippen MR) is 98.9 cm³/mol. The molecule has 1 atom stereocenters. The fourth-order valence-corrected chi connectivity index (χ4v) is 3.60. The Kier molecular flexibility index (Phi) is 4.47. The normalized spacial score (nSPS) is 21.0. The number of ether oxygens (including phenoxy) is 2. The lowest BCUT2D eigenvalue weighted by Gasteiger charge is -2.38. The van der Waals surface area contributed by atoms with Crippen molar-refractivity contribution in [1.29, 1.82) is 0 Å². The van der Waals surface area contributed by atoms with Gasteiger partial charge in [-0.2, -0.15) is 0 Å². The Morgan fingerprint density at radius 2 is 1.92 bits per heavy atom. The second kappa shape index (κ2) is 6.92. The number of esters is 1. The van der Waals surface area contributed by atoms with Crippen LogP contribution in [0.25, 0.3) is 0 Å². The number of hydrogen-bond acceptors (Lipinski definition) is 5. The zero-order chi connectivity index (χ0) is 18.0. The van der Waals surface area contributed by atoms with Crippen molar-refractivity contribution in [2.75, 3.05) is 6.61 Å². The molecule has 0 N–H and O–H groups in total. The topological polar surface area (TPSA) is 51.1 Å². The first-order valence-electron chi connectivity index (χ1n) is 9.01. The summed E-state index contributed by atoms with van der Waals surface area (Å²) in [6, 6.07) is 17.9. The van der Waals surface area contributed by atoms with Gasteiger partial charge in [-0.05, 0) is 24.1 Å². The van der Waals surface area contributed by atoms with Crippen molar-refractivity contribution >= 4 is 17.5 Å². The van der Waals surface area contributed by atoms with Gasteiger partial charge in [0.25, 0.3) is 0 Å². The number of fused-ring (bicyclic) bond motifs is 2. The highest BCUT2D eigenvalue weighted by molar-refractivity contribution is 5.96. The highest BCUT2D eigenvalue weighted by atomic mass is 16.6. The van der Waals surface area contributed by atoms with Crippen LogP contribution >= 0.6 is 0 Å². The molecular weight excluding hydrogens is 328 g/mol. The van der Waals surface area contributed by atoms with Crippen molar-refractivity contribution in [1.82, 2.24) is 4.90 Å². The van der Waals surface area contributed by atoms with Gasteiger partial charge in [0.1, 0.15) is 5.84 Å². The average molecular weight is 350 g/mol. The van der Waals surface area contributed by atoms with Crippen molar-refractivity contribution in [3.63, 3.8) is 0 Å². The van der Waals surface area contributed by atoms with Crippen LogP contribution in [-0.2, 0) is 27.4 Å². The largest absolute Gasteiger partial charge is 0.462 e. The number of para-hydroxylation sites is 1. The number of amidine groups is 1. The summed E-state index contributed by atoms with van der Waals surface area (Å²) in [5.41, 5.74) is 1.98. The summed E-state index contributed by atoms with van der Waals surface area (Å²) in [6.07, 6.45) is 1.24. The van der Waals surface area contributed by atoms with E-state index in [2.05, 4.69) is 0 Å². The van der Waals surface area contributed by atoms with Crippen LogP contribution in [0.4, 0.5) is 5.69 Å². The minimum atomic E-state index is -1.11. The van der Waals surface area contributed by atoms with Crippen LogP contribution < -0.4 is 0 Å². The highest BCUT2D eigenvalue weighted by Gasteiger charge is 2.53. The summed E-state index contributed by atoms with van der Waals surface area (Å²) in [5.74, 6) is 0.560. The lowest BCUT2D eigenvalue weighted by Crippen LogP contribution is -2.54. The average Bonchev–Trinajstić information content (AvgIpc) is 3.04. The first kappa shape index (κ1) is 16.8. The van der Waals surface area contributed by atoms with E-state index in [0.717, 1.165) is 22.6 Å². The molecule has 2 aromatic rings. The van der Waals surface area contributed by atoms with Crippen LogP contribution in [0, 0.1) is 0 Å². The van der Waals surface area contributed by atoms with Crippen molar-refractivity contribution in [2.24, 2.45) is 4.99 Å². The zero-order valence-electron chi connectivity index (χ0n) is 14.9. The van der Waals surface area contributed by atoms with Gasteiger partial charge in [-0.1, -0.05) is 48.5 Å². The van der Waals surface area contributed by atoms with Crippen molar-refractivity contribution in [3.8, 4) is 0 Å². The second-order valence-corrected chi connectivity index (χ2v) is 6.52. The Morgan fingerprint density at radius 1 is 1.15 bits per heavy atom. The van der Waals surface area contributed by atoms with E-state index in [1.54, 1.807) is 0 Å². The first-order chi connectivity index (χ1) is 12.7. The second-order valence-electron chi connectivity index (χ2n) is 6.52. The van der Waals surface area contributed by atoms with Crippen LogP contribution in [0.5, 0.6) is 0 Å². The fraction of sp³-hybridized carbons (Fsp3) is 0.333. The minimum Gasteiger partial charge on any atom is -0.462 e. The van der Waals surface area contributed by atoms with Gasteiger partial charge in [0.05, 0.1) is 18.9 Å². The summed E-state index contributed by atoms with van der Waals surface area (Å²) >= 11 is 0. The van der Waals surface area contributed by atoms with Gasteiger partial charge in [-0.25, -0.2) is 9.79 Å². The number of carbonyl (C=O) groups excluding carboxylic acids is 1. The standard InChI is InChI=1S/C21H22N2O3/c1-2-25-20(24)21(26-15-16-8-4-3-5-9-16)13-12-19-22-18-11-7-6-10-17(18)14-23(19)21/h3-11H,2,12-15H2,1H3. The Balaban J connectivity index is 1.65. The number of carbonyl (C=O) groups is 1. The summed E-state index contributed by atoms with van der Waals surface area (Å²) in [4.78, 5) is 19.6. The summed E-state index contributed by atoms with van der Waals surface area (Å²) in [5, 5.41) is 0. The molecule has 0 saturated carbocycles. The Bertz CT molecular complexity index is 834. The molecule has 1 saturated heterocycles. The molecule has 0 bridgehead atoms. The van der Waals surface area contributed by atoms with Crippen molar-refractivity contribution in [2.45, 2.75) is 38.6 Å². The molecule has 2 heterocycles. The third kappa shape index (κ3) is 2.88. The minimum absolute atomic E-state index is 0.326. The molecule has 0 aliphatic carbocycles.